The van der Waals surface area contributed by atoms with Crippen LogP contribution >= 0.6 is 11.6 Å². The lowest BCUT2D eigenvalue weighted by Crippen LogP contribution is -2.08. The zero-order valence-corrected chi connectivity index (χ0v) is 12.1. The van der Waals surface area contributed by atoms with Crippen molar-refractivity contribution in [1.82, 2.24) is 0 Å². The van der Waals surface area contributed by atoms with Crippen LogP contribution in [-0.2, 0) is 4.79 Å². The molecule has 1 amide bonds. The smallest absolute Gasteiger partial charge is 0.296 e. The molecule has 0 atom stereocenters. The Hall–Kier alpha value is -2.67. The fraction of sp³-hybridized carbons (Fsp3) is 0.0714. The quantitative estimate of drug-likeness (QED) is 0.677. The van der Waals surface area contributed by atoms with Gasteiger partial charge in [0, 0.05) is 13.0 Å². The molecule has 2 aromatic carbocycles. The van der Waals surface area contributed by atoms with E-state index in [0.29, 0.717) is 0 Å². The molecule has 2 aromatic rings. The number of nitrogens with zero attached hydrogens (tertiary/aromatic N) is 1. The minimum absolute atomic E-state index is 0.157. The van der Waals surface area contributed by atoms with Crippen molar-refractivity contribution in [3.63, 3.8) is 0 Å². The number of anilines is 1. The number of carbonyl (C=O) groups is 1. The molecule has 0 saturated heterocycles. The van der Waals surface area contributed by atoms with Gasteiger partial charge in [-0.05, 0) is 12.1 Å². The van der Waals surface area contributed by atoms with Crippen LogP contribution in [0.2, 0.25) is 5.02 Å². The lowest BCUT2D eigenvalue weighted by molar-refractivity contribution is -0.384. The lowest BCUT2D eigenvalue weighted by atomic mass is 10.2. The highest BCUT2D eigenvalue weighted by Crippen LogP contribution is 2.36. The lowest BCUT2D eigenvalue weighted by Gasteiger charge is -2.10. The first-order valence-corrected chi connectivity index (χ1v) is 6.44. The van der Waals surface area contributed by atoms with Gasteiger partial charge in [-0.25, -0.2) is 4.39 Å². The standard InChI is InChI=1S/C14H10ClFN2O4/c1-8(19)17-11-6-10(16)14(7-12(11)18(20)21)22-13-5-3-2-4-9(13)15/h2-7H,1H3,(H,17,19). The summed E-state index contributed by atoms with van der Waals surface area (Å²) in [4.78, 5) is 21.3. The highest BCUT2D eigenvalue weighted by atomic mass is 35.5. The second kappa shape index (κ2) is 6.40. The third-order valence-corrected chi connectivity index (χ3v) is 2.93. The number of hydrogen-bond acceptors (Lipinski definition) is 4. The van der Waals surface area contributed by atoms with Crippen LogP contribution in [0.15, 0.2) is 36.4 Å². The molecule has 0 spiro atoms. The number of benzene rings is 2. The van der Waals surface area contributed by atoms with Crippen LogP contribution in [0.25, 0.3) is 0 Å². The molecule has 0 unspecified atom stereocenters. The van der Waals surface area contributed by atoms with Crippen molar-refractivity contribution in [2.24, 2.45) is 0 Å². The molecule has 0 aliphatic carbocycles. The monoisotopic (exact) mass is 324 g/mol. The van der Waals surface area contributed by atoms with Crippen LogP contribution in [0.3, 0.4) is 0 Å². The van der Waals surface area contributed by atoms with Gasteiger partial charge in [-0.1, -0.05) is 23.7 Å². The summed E-state index contributed by atoms with van der Waals surface area (Å²) < 4.78 is 19.3. The molecule has 1 N–H and O–H groups in total. The Morgan fingerprint density at radius 2 is 2.00 bits per heavy atom. The van der Waals surface area contributed by atoms with Crippen molar-refractivity contribution < 1.29 is 18.8 Å². The Morgan fingerprint density at radius 3 is 2.59 bits per heavy atom. The average Bonchev–Trinajstić information content (AvgIpc) is 2.43. The van der Waals surface area contributed by atoms with Crippen LogP contribution < -0.4 is 10.1 Å². The van der Waals surface area contributed by atoms with Gasteiger partial charge in [-0.2, -0.15) is 0 Å². The van der Waals surface area contributed by atoms with Crippen molar-refractivity contribution in [3.05, 3.63) is 57.4 Å². The second-order valence-corrected chi connectivity index (χ2v) is 4.68. The summed E-state index contributed by atoms with van der Waals surface area (Å²) in [5.74, 6) is -1.63. The maximum Gasteiger partial charge on any atom is 0.296 e. The third-order valence-electron chi connectivity index (χ3n) is 2.61. The van der Waals surface area contributed by atoms with Gasteiger partial charge in [0.25, 0.3) is 5.69 Å². The molecule has 0 fully saturated rings. The number of nitro benzene ring substituents is 1. The first-order chi connectivity index (χ1) is 10.4. The number of halogens is 2. The number of nitrogens with one attached hydrogen (secondary N) is 1. The molecule has 6 nitrogen and oxygen atoms in total. The SMILES string of the molecule is CC(=O)Nc1cc(F)c(Oc2ccccc2Cl)cc1[N+](=O)[O-]. The van der Waals surface area contributed by atoms with E-state index >= 15 is 0 Å². The van der Waals surface area contributed by atoms with Crippen LogP contribution in [-0.4, -0.2) is 10.8 Å². The summed E-state index contributed by atoms with van der Waals surface area (Å²) in [6.07, 6.45) is 0. The highest BCUT2D eigenvalue weighted by molar-refractivity contribution is 6.32. The average molecular weight is 325 g/mol. The van der Waals surface area contributed by atoms with Crippen LogP contribution in [0.5, 0.6) is 11.5 Å². The minimum Gasteiger partial charge on any atom is -0.452 e. The predicted octanol–water partition coefficient (Wildman–Crippen LogP) is 4.14. The fourth-order valence-electron chi connectivity index (χ4n) is 1.71. The molecule has 8 heteroatoms. The summed E-state index contributed by atoms with van der Waals surface area (Å²) in [7, 11) is 0. The molecule has 0 heterocycles. The number of nitro groups is 1. The second-order valence-electron chi connectivity index (χ2n) is 4.27. The summed E-state index contributed by atoms with van der Waals surface area (Å²) in [6, 6.07) is 8.03. The van der Waals surface area contributed by atoms with Crippen molar-refractivity contribution >= 4 is 28.9 Å². The molecule has 0 saturated carbocycles. The van der Waals surface area contributed by atoms with Crippen LogP contribution in [0, 0.1) is 15.9 Å². The van der Waals surface area contributed by atoms with E-state index in [1.807, 2.05) is 0 Å². The van der Waals surface area contributed by atoms with E-state index < -0.39 is 22.3 Å². The third kappa shape index (κ3) is 3.50. The van der Waals surface area contributed by atoms with Gasteiger partial charge in [0.05, 0.1) is 16.0 Å². The van der Waals surface area contributed by atoms with Gasteiger partial charge in [-0.3, -0.25) is 14.9 Å². The van der Waals surface area contributed by atoms with E-state index in [0.717, 1.165) is 19.1 Å². The summed E-state index contributed by atoms with van der Waals surface area (Å²) in [6.45, 7) is 1.16. The molecular formula is C14H10ClFN2O4. The fourth-order valence-corrected chi connectivity index (χ4v) is 1.88. The van der Waals surface area contributed by atoms with E-state index in [4.69, 9.17) is 16.3 Å². The molecule has 0 radical (unpaired) electrons. The van der Waals surface area contributed by atoms with Gasteiger partial charge < -0.3 is 10.1 Å². The summed E-state index contributed by atoms with van der Waals surface area (Å²) in [5, 5.41) is 13.5. The molecule has 0 bridgehead atoms. The van der Waals surface area contributed by atoms with Gasteiger partial charge in [0.2, 0.25) is 5.91 Å². The summed E-state index contributed by atoms with van der Waals surface area (Å²) in [5.41, 5.74) is -0.736. The first-order valence-electron chi connectivity index (χ1n) is 6.06. The predicted molar refractivity (Wildman–Crippen MR) is 78.9 cm³/mol. The van der Waals surface area contributed by atoms with Crippen molar-refractivity contribution in [1.29, 1.82) is 0 Å². The molecular weight excluding hydrogens is 315 g/mol. The van der Waals surface area contributed by atoms with E-state index in [9.17, 15) is 19.3 Å². The van der Waals surface area contributed by atoms with E-state index in [-0.39, 0.29) is 22.2 Å². The minimum atomic E-state index is -0.866. The Morgan fingerprint density at radius 1 is 1.32 bits per heavy atom. The molecule has 0 aliphatic heterocycles. The largest absolute Gasteiger partial charge is 0.452 e. The van der Waals surface area contributed by atoms with Crippen molar-refractivity contribution in [2.45, 2.75) is 6.92 Å². The number of ether oxygens (including phenoxy) is 1. The first kappa shape index (κ1) is 15.7. The normalized spacial score (nSPS) is 10.1. The number of rotatable bonds is 4. The van der Waals surface area contributed by atoms with E-state index in [1.54, 1.807) is 12.1 Å². The Bertz CT molecular complexity index is 752. The molecule has 2 rings (SSSR count). The molecule has 0 aliphatic rings. The van der Waals surface area contributed by atoms with Gasteiger partial charge >= 0.3 is 0 Å². The maximum atomic E-state index is 14.0. The number of amides is 1. The van der Waals surface area contributed by atoms with Crippen molar-refractivity contribution in [2.75, 3.05) is 5.32 Å². The zero-order valence-electron chi connectivity index (χ0n) is 11.3. The van der Waals surface area contributed by atoms with Crippen LogP contribution in [0.4, 0.5) is 15.8 Å². The van der Waals surface area contributed by atoms with E-state index in [1.165, 1.54) is 12.1 Å². The Balaban J connectivity index is 2.45. The van der Waals surface area contributed by atoms with Crippen molar-refractivity contribution in [3.8, 4) is 11.5 Å². The number of carbonyl (C=O) groups excluding carboxylic acids is 1. The molecule has 22 heavy (non-hydrogen) atoms. The molecule has 114 valence electrons. The van der Waals surface area contributed by atoms with E-state index in [2.05, 4.69) is 5.32 Å². The number of hydrogen-bond donors (Lipinski definition) is 1. The Kier molecular flexibility index (Phi) is 4.57. The summed E-state index contributed by atoms with van der Waals surface area (Å²) >= 11 is 5.89. The van der Waals surface area contributed by atoms with Gasteiger partial charge in [-0.15, -0.1) is 0 Å². The maximum absolute atomic E-state index is 14.0. The Labute approximate surface area is 129 Å². The van der Waals surface area contributed by atoms with Gasteiger partial charge in [0.15, 0.2) is 11.6 Å². The van der Waals surface area contributed by atoms with Crippen LogP contribution in [0.1, 0.15) is 6.92 Å². The zero-order chi connectivity index (χ0) is 16.3. The highest BCUT2D eigenvalue weighted by Gasteiger charge is 2.21. The van der Waals surface area contributed by atoms with Gasteiger partial charge in [0.1, 0.15) is 11.4 Å². The topological polar surface area (TPSA) is 81.5 Å². The number of para-hydroxylation sites is 1. The molecule has 0 aromatic heterocycles.